The smallest absolute Gasteiger partial charge is 0.188 e. The fourth-order valence-corrected chi connectivity index (χ4v) is 3.61. The maximum atomic E-state index is 4.65. The number of hydrogen-bond acceptors (Lipinski definition) is 6. The molecule has 0 fully saturated rings. The van der Waals surface area contributed by atoms with Crippen LogP contribution >= 0.6 is 22.7 Å². The minimum atomic E-state index is 0.687. The highest BCUT2D eigenvalue weighted by Crippen LogP contribution is 2.21. The van der Waals surface area contributed by atoms with Crippen molar-refractivity contribution in [1.29, 1.82) is 0 Å². The van der Waals surface area contributed by atoms with E-state index in [2.05, 4.69) is 49.3 Å². The number of nitrogens with zero attached hydrogens (tertiary/aromatic N) is 4. The van der Waals surface area contributed by atoms with Gasteiger partial charge in [-0.25, -0.2) is 15.0 Å². The van der Waals surface area contributed by atoms with Crippen LogP contribution in [-0.4, -0.2) is 26.4 Å². The van der Waals surface area contributed by atoms with Crippen molar-refractivity contribution in [3.05, 3.63) is 64.6 Å². The summed E-state index contributed by atoms with van der Waals surface area (Å²) in [6, 6.07) is 6.05. The van der Waals surface area contributed by atoms with E-state index in [1.165, 1.54) is 4.88 Å². The summed E-state index contributed by atoms with van der Waals surface area (Å²) in [6.07, 6.45) is 5.41. The van der Waals surface area contributed by atoms with Gasteiger partial charge in [0.15, 0.2) is 10.8 Å². The van der Waals surface area contributed by atoms with Gasteiger partial charge in [-0.05, 0) is 17.5 Å². The monoisotopic (exact) mass is 328 g/mol. The molecule has 22 heavy (non-hydrogen) atoms. The first-order valence-electron chi connectivity index (χ1n) is 6.92. The first-order chi connectivity index (χ1) is 10.8. The van der Waals surface area contributed by atoms with E-state index in [4.69, 9.17) is 0 Å². The maximum absolute atomic E-state index is 4.65. The van der Waals surface area contributed by atoms with Crippen LogP contribution in [0, 0.1) is 0 Å². The summed E-state index contributed by atoms with van der Waals surface area (Å²) < 4.78 is 0. The van der Waals surface area contributed by atoms with Gasteiger partial charge in [0.1, 0.15) is 0 Å². The van der Waals surface area contributed by atoms with E-state index in [0.717, 1.165) is 30.3 Å². The standard InChI is InChI=1S/C16H16N4S2/c1-2-8-20(11-14-5-3-9-21-14)10-13-12-22-16(19-13)15-17-6-4-7-18-15/h2-7,9,12H,1,8,10-11H2. The van der Waals surface area contributed by atoms with E-state index in [1.807, 2.05) is 12.1 Å². The van der Waals surface area contributed by atoms with Gasteiger partial charge in [-0.2, -0.15) is 0 Å². The van der Waals surface area contributed by atoms with Crippen LogP contribution in [-0.2, 0) is 13.1 Å². The number of rotatable bonds is 7. The van der Waals surface area contributed by atoms with E-state index < -0.39 is 0 Å². The molecule has 3 heterocycles. The molecule has 0 N–H and O–H groups in total. The molecule has 0 aliphatic rings. The third kappa shape index (κ3) is 3.85. The van der Waals surface area contributed by atoms with Gasteiger partial charge in [0.2, 0.25) is 0 Å². The van der Waals surface area contributed by atoms with Crippen LogP contribution in [0.5, 0.6) is 0 Å². The zero-order valence-electron chi connectivity index (χ0n) is 12.1. The number of thiazole rings is 1. The summed E-state index contributed by atoms with van der Waals surface area (Å²) in [4.78, 5) is 16.8. The Labute approximate surface area is 137 Å². The molecule has 0 atom stereocenters. The highest BCUT2D eigenvalue weighted by atomic mass is 32.1. The first kappa shape index (κ1) is 15.0. The molecular formula is C16H16N4S2. The van der Waals surface area contributed by atoms with Gasteiger partial charge in [-0.3, -0.25) is 4.90 Å². The van der Waals surface area contributed by atoms with Crippen molar-refractivity contribution >= 4 is 22.7 Å². The van der Waals surface area contributed by atoms with Crippen LogP contribution in [0.1, 0.15) is 10.6 Å². The van der Waals surface area contributed by atoms with Crippen LogP contribution < -0.4 is 0 Å². The molecule has 4 nitrogen and oxygen atoms in total. The molecule has 0 amide bonds. The largest absolute Gasteiger partial charge is 0.289 e. The lowest BCUT2D eigenvalue weighted by Crippen LogP contribution is -2.22. The molecule has 0 saturated heterocycles. The molecule has 0 saturated carbocycles. The highest BCUT2D eigenvalue weighted by Gasteiger charge is 2.11. The Morgan fingerprint density at radius 1 is 1.14 bits per heavy atom. The normalized spacial score (nSPS) is 11.0. The lowest BCUT2D eigenvalue weighted by atomic mass is 10.3. The van der Waals surface area contributed by atoms with Crippen molar-refractivity contribution in [3.63, 3.8) is 0 Å². The third-order valence-corrected chi connectivity index (χ3v) is 4.79. The van der Waals surface area contributed by atoms with Crippen LogP contribution in [0.4, 0.5) is 0 Å². The maximum Gasteiger partial charge on any atom is 0.188 e. The molecule has 6 heteroatoms. The Bertz CT molecular complexity index is 707. The van der Waals surface area contributed by atoms with E-state index in [1.54, 1.807) is 35.1 Å². The summed E-state index contributed by atoms with van der Waals surface area (Å²) in [5, 5.41) is 5.05. The fraction of sp³-hybridized carbons (Fsp3) is 0.188. The Balaban J connectivity index is 1.70. The molecule has 3 rings (SSSR count). The Morgan fingerprint density at radius 3 is 2.73 bits per heavy atom. The molecule has 112 valence electrons. The molecule has 0 aliphatic carbocycles. The van der Waals surface area contributed by atoms with E-state index in [-0.39, 0.29) is 0 Å². The van der Waals surface area contributed by atoms with Crippen molar-refractivity contribution in [3.8, 4) is 10.8 Å². The van der Waals surface area contributed by atoms with Gasteiger partial charge in [0.25, 0.3) is 0 Å². The molecule has 3 aromatic heterocycles. The van der Waals surface area contributed by atoms with Crippen molar-refractivity contribution in [1.82, 2.24) is 19.9 Å². The second-order valence-electron chi connectivity index (χ2n) is 4.75. The summed E-state index contributed by atoms with van der Waals surface area (Å²) in [7, 11) is 0. The minimum absolute atomic E-state index is 0.687. The molecule has 0 aromatic carbocycles. The van der Waals surface area contributed by atoms with Gasteiger partial charge >= 0.3 is 0 Å². The molecule has 0 aliphatic heterocycles. The van der Waals surface area contributed by atoms with Crippen LogP contribution in [0.2, 0.25) is 0 Å². The lowest BCUT2D eigenvalue weighted by molar-refractivity contribution is 0.286. The predicted octanol–water partition coefficient (Wildman–Crippen LogP) is 3.85. The summed E-state index contributed by atoms with van der Waals surface area (Å²) in [5.74, 6) is 0.687. The molecule has 0 radical (unpaired) electrons. The summed E-state index contributed by atoms with van der Waals surface area (Å²) in [6.45, 7) is 6.40. The Morgan fingerprint density at radius 2 is 2.00 bits per heavy atom. The van der Waals surface area contributed by atoms with E-state index in [9.17, 15) is 0 Å². The molecule has 0 bridgehead atoms. The van der Waals surface area contributed by atoms with Gasteiger partial charge in [-0.15, -0.1) is 29.3 Å². The van der Waals surface area contributed by atoms with Gasteiger partial charge in [0.05, 0.1) is 5.69 Å². The van der Waals surface area contributed by atoms with Crippen molar-refractivity contribution < 1.29 is 0 Å². The van der Waals surface area contributed by atoms with Crippen molar-refractivity contribution in [2.75, 3.05) is 6.54 Å². The fourth-order valence-electron chi connectivity index (χ4n) is 2.11. The minimum Gasteiger partial charge on any atom is -0.289 e. The van der Waals surface area contributed by atoms with Gasteiger partial charge in [-0.1, -0.05) is 12.1 Å². The van der Waals surface area contributed by atoms with Crippen LogP contribution in [0.15, 0.2) is 54.0 Å². The second kappa shape index (κ2) is 7.40. The Hall–Kier alpha value is -1.89. The number of hydrogen-bond donors (Lipinski definition) is 0. The molecule has 3 aromatic rings. The molecule has 0 spiro atoms. The molecular weight excluding hydrogens is 312 g/mol. The second-order valence-corrected chi connectivity index (χ2v) is 6.64. The summed E-state index contributed by atoms with van der Waals surface area (Å²) in [5.41, 5.74) is 1.05. The topological polar surface area (TPSA) is 41.9 Å². The zero-order valence-corrected chi connectivity index (χ0v) is 13.7. The predicted molar refractivity (Wildman–Crippen MR) is 91.8 cm³/mol. The number of thiophene rings is 1. The van der Waals surface area contributed by atoms with Gasteiger partial charge < -0.3 is 0 Å². The van der Waals surface area contributed by atoms with E-state index in [0.29, 0.717) is 5.82 Å². The Kier molecular flexibility index (Phi) is 5.05. The van der Waals surface area contributed by atoms with E-state index >= 15 is 0 Å². The molecule has 0 unspecified atom stereocenters. The average molecular weight is 328 g/mol. The third-order valence-electron chi connectivity index (χ3n) is 3.04. The van der Waals surface area contributed by atoms with Crippen LogP contribution in [0.25, 0.3) is 10.8 Å². The van der Waals surface area contributed by atoms with Crippen molar-refractivity contribution in [2.24, 2.45) is 0 Å². The number of aromatic nitrogens is 3. The highest BCUT2D eigenvalue weighted by molar-refractivity contribution is 7.13. The zero-order chi connectivity index (χ0) is 15.2. The van der Waals surface area contributed by atoms with Gasteiger partial charge in [0, 0.05) is 42.3 Å². The SMILES string of the molecule is C=CCN(Cc1csc(-c2ncccn2)n1)Cc1cccs1. The van der Waals surface area contributed by atoms with Crippen molar-refractivity contribution in [2.45, 2.75) is 13.1 Å². The first-order valence-corrected chi connectivity index (χ1v) is 8.68. The van der Waals surface area contributed by atoms with Crippen LogP contribution in [0.3, 0.4) is 0 Å². The average Bonchev–Trinajstić information content (AvgIpc) is 3.20. The lowest BCUT2D eigenvalue weighted by Gasteiger charge is -2.18. The quantitative estimate of drug-likeness (QED) is 0.618. The summed E-state index contributed by atoms with van der Waals surface area (Å²) >= 11 is 3.36.